The highest BCUT2D eigenvalue weighted by molar-refractivity contribution is 9.10. The normalized spacial score (nSPS) is 20.4. The van der Waals surface area contributed by atoms with Crippen LogP contribution in [0.4, 0.5) is 0 Å². The second-order valence-corrected chi connectivity index (χ2v) is 8.13. The number of fused-ring (bicyclic) bond motifs is 1. The molecule has 1 aliphatic heterocycles. The van der Waals surface area contributed by atoms with Gasteiger partial charge in [0.25, 0.3) is 5.91 Å². The highest BCUT2D eigenvalue weighted by Gasteiger charge is 2.31. The lowest BCUT2D eigenvalue weighted by atomic mass is 9.94. The Kier molecular flexibility index (Phi) is 4.67. The van der Waals surface area contributed by atoms with Crippen LogP contribution >= 0.6 is 15.9 Å². The molecule has 25 heavy (non-hydrogen) atoms. The van der Waals surface area contributed by atoms with E-state index in [9.17, 15) is 4.79 Å². The van der Waals surface area contributed by atoms with Crippen molar-refractivity contribution >= 4 is 21.8 Å². The minimum atomic E-state index is 0.124. The Morgan fingerprint density at radius 1 is 1.20 bits per heavy atom. The minimum Gasteiger partial charge on any atom is -0.335 e. The first kappa shape index (κ1) is 16.8. The van der Waals surface area contributed by atoms with Crippen LogP contribution in [0.1, 0.15) is 60.8 Å². The van der Waals surface area contributed by atoms with Crippen LogP contribution in [0.3, 0.4) is 0 Å². The zero-order valence-electron chi connectivity index (χ0n) is 14.7. The van der Waals surface area contributed by atoms with E-state index < -0.39 is 0 Å². The fraction of sp³-hybridized carbons (Fsp3) is 0.500. The fourth-order valence-electron chi connectivity index (χ4n) is 4.13. The smallest absolute Gasteiger partial charge is 0.274 e. The molecule has 0 unspecified atom stereocenters. The van der Waals surface area contributed by atoms with Crippen LogP contribution in [-0.4, -0.2) is 33.2 Å². The Bertz CT molecular complexity index is 798. The number of carbonyl (C=O) groups is 1. The topological polar surface area (TPSA) is 38.1 Å². The Labute approximate surface area is 157 Å². The predicted octanol–water partition coefficient (Wildman–Crippen LogP) is 4.53. The van der Waals surface area contributed by atoms with E-state index in [1.807, 2.05) is 21.7 Å². The van der Waals surface area contributed by atoms with Crippen molar-refractivity contribution in [2.45, 2.75) is 57.9 Å². The molecule has 2 aromatic rings. The second-order valence-electron chi connectivity index (χ2n) is 7.22. The lowest BCUT2D eigenvalue weighted by Crippen LogP contribution is -2.42. The van der Waals surface area contributed by atoms with Gasteiger partial charge in [-0.05, 0) is 70.1 Å². The van der Waals surface area contributed by atoms with Gasteiger partial charge in [0.05, 0.1) is 5.69 Å². The van der Waals surface area contributed by atoms with Gasteiger partial charge in [-0.1, -0.05) is 22.0 Å². The Hall–Kier alpha value is -1.62. The van der Waals surface area contributed by atoms with Crippen molar-refractivity contribution in [2.24, 2.45) is 0 Å². The van der Waals surface area contributed by atoms with Crippen LogP contribution in [0.5, 0.6) is 0 Å². The average molecular weight is 402 g/mol. The molecule has 1 amide bonds. The molecule has 0 N–H and O–H groups in total. The van der Waals surface area contributed by atoms with Crippen molar-refractivity contribution in [3.63, 3.8) is 0 Å². The molecule has 0 spiro atoms. The standard InChI is InChI=1S/C20H24BrN3O/c1-14-7-4-5-12-23(14)20(25)19-17-10-2-3-11-18(17)24(22-19)16-9-6-8-15(21)13-16/h6,8-9,13-14H,2-5,7,10-12H2,1H3/t14-/m0/s1. The quantitative estimate of drug-likeness (QED) is 0.741. The number of hydrogen-bond donors (Lipinski definition) is 0. The van der Waals surface area contributed by atoms with Gasteiger partial charge in [0.1, 0.15) is 0 Å². The lowest BCUT2D eigenvalue weighted by Gasteiger charge is -2.33. The molecule has 1 atom stereocenters. The molecular weight excluding hydrogens is 378 g/mol. The highest BCUT2D eigenvalue weighted by Crippen LogP contribution is 2.29. The minimum absolute atomic E-state index is 0.124. The summed E-state index contributed by atoms with van der Waals surface area (Å²) in [5, 5.41) is 4.82. The van der Waals surface area contributed by atoms with E-state index in [4.69, 9.17) is 5.10 Å². The van der Waals surface area contributed by atoms with E-state index in [0.29, 0.717) is 11.7 Å². The van der Waals surface area contributed by atoms with E-state index in [2.05, 4.69) is 35.0 Å². The van der Waals surface area contributed by atoms with Gasteiger partial charge in [0.2, 0.25) is 0 Å². The fourth-order valence-corrected chi connectivity index (χ4v) is 4.52. The average Bonchev–Trinajstić information content (AvgIpc) is 3.01. The SMILES string of the molecule is C[C@H]1CCCCN1C(=O)c1nn(-c2cccc(Br)c2)c2c1CCCC2. The summed E-state index contributed by atoms with van der Waals surface area (Å²) >= 11 is 3.55. The Morgan fingerprint density at radius 3 is 2.84 bits per heavy atom. The maximum absolute atomic E-state index is 13.2. The van der Waals surface area contributed by atoms with Gasteiger partial charge in [-0.3, -0.25) is 4.79 Å². The molecule has 2 heterocycles. The molecule has 1 aromatic carbocycles. The molecule has 1 aromatic heterocycles. The summed E-state index contributed by atoms with van der Waals surface area (Å²) < 4.78 is 3.03. The van der Waals surface area contributed by atoms with Gasteiger partial charge in [-0.15, -0.1) is 0 Å². The number of hydrogen-bond acceptors (Lipinski definition) is 2. The number of benzene rings is 1. The van der Waals surface area contributed by atoms with Crippen molar-refractivity contribution < 1.29 is 4.79 Å². The maximum atomic E-state index is 13.2. The summed E-state index contributed by atoms with van der Waals surface area (Å²) in [4.78, 5) is 15.3. The summed E-state index contributed by atoms with van der Waals surface area (Å²) in [7, 11) is 0. The van der Waals surface area contributed by atoms with Crippen molar-refractivity contribution in [2.75, 3.05) is 6.54 Å². The molecule has 1 fully saturated rings. The number of carbonyl (C=O) groups excluding carboxylic acids is 1. The number of aromatic nitrogens is 2. The molecule has 2 aliphatic rings. The molecule has 1 aliphatic carbocycles. The Balaban J connectivity index is 1.77. The maximum Gasteiger partial charge on any atom is 0.274 e. The van der Waals surface area contributed by atoms with E-state index in [0.717, 1.165) is 48.8 Å². The monoisotopic (exact) mass is 401 g/mol. The van der Waals surface area contributed by atoms with Gasteiger partial charge in [0.15, 0.2) is 5.69 Å². The van der Waals surface area contributed by atoms with Crippen molar-refractivity contribution in [3.05, 3.63) is 45.7 Å². The lowest BCUT2D eigenvalue weighted by molar-refractivity contribution is 0.0628. The number of amides is 1. The third-order valence-corrected chi connectivity index (χ3v) is 5.99. The number of halogens is 1. The summed E-state index contributed by atoms with van der Waals surface area (Å²) in [6.45, 7) is 3.02. The molecule has 132 valence electrons. The van der Waals surface area contributed by atoms with Gasteiger partial charge in [-0.2, -0.15) is 5.10 Å². The Morgan fingerprint density at radius 2 is 2.04 bits per heavy atom. The second kappa shape index (κ2) is 6.94. The molecule has 4 nitrogen and oxygen atoms in total. The largest absolute Gasteiger partial charge is 0.335 e. The van der Waals surface area contributed by atoms with E-state index in [-0.39, 0.29) is 5.91 Å². The van der Waals surface area contributed by atoms with Gasteiger partial charge in [0, 0.05) is 28.3 Å². The van der Waals surface area contributed by atoms with Crippen molar-refractivity contribution in [1.82, 2.24) is 14.7 Å². The number of rotatable bonds is 2. The van der Waals surface area contributed by atoms with Crippen LogP contribution < -0.4 is 0 Å². The summed E-state index contributed by atoms with van der Waals surface area (Å²) in [6, 6.07) is 8.48. The van der Waals surface area contributed by atoms with Crippen molar-refractivity contribution in [3.8, 4) is 5.69 Å². The first-order valence-electron chi connectivity index (χ1n) is 9.33. The highest BCUT2D eigenvalue weighted by atomic mass is 79.9. The zero-order chi connectivity index (χ0) is 17.4. The van der Waals surface area contributed by atoms with Crippen LogP contribution in [0, 0.1) is 0 Å². The third kappa shape index (κ3) is 3.14. The number of piperidine rings is 1. The summed E-state index contributed by atoms with van der Waals surface area (Å²) in [6.07, 6.45) is 7.69. The van der Waals surface area contributed by atoms with Crippen molar-refractivity contribution in [1.29, 1.82) is 0 Å². The van der Waals surface area contributed by atoms with E-state index >= 15 is 0 Å². The van der Waals surface area contributed by atoms with Crippen LogP contribution in [0.15, 0.2) is 28.7 Å². The summed E-state index contributed by atoms with van der Waals surface area (Å²) in [5.74, 6) is 0.124. The molecule has 0 radical (unpaired) electrons. The molecule has 0 saturated carbocycles. The third-order valence-electron chi connectivity index (χ3n) is 5.50. The van der Waals surface area contributed by atoms with Gasteiger partial charge in [-0.25, -0.2) is 4.68 Å². The zero-order valence-corrected chi connectivity index (χ0v) is 16.3. The van der Waals surface area contributed by atoms with Gasteiger partial charge >= 0.3 is 0 Å². The molecular formula is C20H24BrN3O. The number of likely N-dealkylation sites (tertiary alicyclic amines) is 1. The first-order chi connectivity index (χ1) is 12.1. The van der Waals surface area contributed by atoms with Gasteiger partial charge < -0.3 is 4.90 Å². The first-order valence-corrected chi connectivity index (χ1v) is 10.1. The molecule has 1 saturated heterocycles. The van der Waals surface area contributed by atoms with E-state index in [1.165, 1.54) is 24.1 Å². The predicted molar refractivity (Wildman–Crippen MR) is 102 cm³/mol. The molecule has 5 heteroatoms. The van der Waals surface area contributed by atoms with Crippen LogP contribution in [0.25, 0.3) is 5.69 Å². The van der Waals surface area contributed by atoms with Crippen LogP contribution in [0.2, 0.25) is 0 Å². The van der Waals surface area contributed by atoms with E-state index in [1.54, 1.807) is 0 Å². The summed E-state index contributed by atoms with van der Waals surface area (Å²) in [5.41, 5.74) is 4.10. The molecule has 4 rings (SSSR count). The molecule has 0 bridgehead atoms. The number of nitrogens with zero attached hydrogens (tertiary/aromatic N) is 3. The van der Waals surface area contributed by atoms with Crippen LogP contribution in [-0.2, 0) is 12.8 Å².